The summed E-state index contributed by atoms with van der Waals surface area (Å²) in [5, 5.41) is 7.18. The zero-order chi connectivity index (χ0) is 21.9. The average Bonchev–Trinajstić information content (AvgIpc) is 3.04. The number of aromatic nitrogens is 2. The highest BCUT2D eigenvalue weighted by molar-refractivity contribution is 7.92. The van der Waals surface area contributed by atoms with Gasteiger partial charge in [0.2, 0.25) is 0 Å². The van der Waals surface area contributed by atoms with Crippen LogP contribution in [0.15, 0.2) is 59.5 Å². The molecule has 30 heavy (non-hydrogen) atoms. The van der Waals surface area contributed by atoms with Crippen molar-refractivity contribution in [3.8, 4) is 11.3 Å². The van der Waals surface area contributed by atoms with E-state index in [0.717, 1.165) is 0 Å². The predicted molar refractivity (Wildman–Crippen MR) is 113 cm³/mol. The molecular formula is C21H23FN4O3S. The van der Waals surface area contributed by atoms with Crippen LogP contribution in [0.2, 0.25) is 0 Å². The van der Waals surface area contributed by atoms with Gasteiger partial charge in [-0.2, -0.15) is 5.10 Å². The molecule has 1 unspecified atom stereocenters. The van der Waals surface area contributed by atoms with Gasteiger partial charge >= 0.3 is 0 Å². The second kappa shape index (κ2) is 8.66. The molecule has 9 heteroatoms. The topological polar surface area (TPSA) is 93.1 Å². The molecule has 0 aliphatic carbocycles. The molecule has 2 N–H and O–H groups in total. The molecule has 0 aliphatic heterocycles. The molecule has 0 saturated carbocycles. The number of aryl methyl sites for hydroxylation is 1. The Morgan fingerprint density at radius 1 is 1.13 bits per heavy atom. The maximum absolute atomic E-state index is 13.4. The van der Waals surface area contributed by atoms with E-state index in [1.165, 1.54) is 41.1 Å². The summed E-state index contributed by atoms with van der Waals surface area (Å²) in [6, 6.07) is 13.2. The van der Waals surface area contributed by atoms with E-state index < -0.39 is 21.7 Å². The van der Waals surface area contributed by atoms with Crippen LogP contribution in [0, 0.1) is 5.82 Å². The summed E-state index contributed by atoms with van der Waals surface area (Å²) in [7, 11) is -2.43. The predicted octanol–water partition coefficient (Wildman–Crippen LogP) is 3.56. The maximum atomic E-state index is 13.4. The first-order valence-corrected chi connectivity index (χ1v) is 10.9. The molecule has 1 aromatic heterocycles. The highest BCUT2D eigenvalue weighted by Gasteiger charge is 2.27. The molecule has 0 fully saturated rings. The van der Waals surface area contributed by atoms with Crippen LogP contribution in [0.5, 0.6) is 0 Å². The molecule has 0 bridgehead atoms. The third kappa shape index (κ3) is 4.51. The number of amides is 1. The van der Waals surface area contributed by atoms with Crippen LogP contribution in [-0.4, -0.2) is 30.1 Å². The monoisotopic (exact) mass is 430 g/mol. The normalized spacial score (nSPS) is 12.4. The van der Waals surface area contributed by atoms with Gasteiger partial charge in [-0.1, -0.05) is 25.1 Å². The fraction of sp³-hybridized carbons (Fsp3) is 0.238. The smallest absolute Gasteiger partial charge is 0.271 e. The molecule has 1 heterocycles. The lowest BCUT2D eigenvalue weighted by atomic mass is 10.1. The summed E-state index contributed by atoms with van der Waals surface area (Å²) in [4.78, 5) is 13.0. The number of benzene rings is 2. The number of anilines is 1. The molecule has 3 aromatic rings. The van der Waals surface area contributed by atoms with Crippen molar-refractivity contribution in [2.45, 2.75) is 31.2 Å². The van der Waals surface area contributed by atoms with Gasteiger partial charge in [-0.15, -0.1) is 0 Å². The van der Waals surface area contributed by atoms with Crippen LogP contribution in [0.1, 0.15) is 30.8 Å². The van der Waals surface area contributed by atoms with Crippen LogP contribution in [-0.2, 0) is 17.1 Å². The molecule has 3 rings (SSSR count). The molecule has 158 valence electrons. The number of halogens is 1. The van der Waals surface area contributed by atoms with E-state index in [-0.39, 0.29) is 28.0 Å². The van der Waals surface area contributed by atoms with Gasteiger partial charge in [0.15, 0.2) is 5.69 Å². The van der Waals surface area contributed by atoms with Gasteiger partial charge in [0.05, 0.1) is 4.90 Å². The van der Waals surface area contributed by atoms with Crippen molar-refractivity contribution in [2.24, 2.45) is 7.05 Å². The standard InChI is InChI=1S/C21H23FN4O3S/c1-4-14(2)23-21(27)20-19(25-30(28,29)17-8-6-5-7-9-17)18(24-26(20)3)15-10-12-16(22)13-11-15/h5-14,25H,4H2,1-3H3,(H,23,27). The number of carbonyl (C=O) groups excluding carboxylic acids is 1. The van der Waals surface area contributed by atoms with Crippen molar-refractivity contribution in [3.05, 3.63) is 66.1 Å². The quantitative estimate of drug-likeness (QED) is 0.599. The van der Waals surface area contributed by atoms with Gasteiger partial charge in [0, 0.05) is 18.7 Å². The summed E-state index contributed by atoms with van der Waals surface area (Å²) >= 11 is 0. The van der Waals surface area contributed by atoms with Crippen LogP contribution in [0.4, 0.5) is 10.1 Å². The molecule has 1 atom stereocenters. The van der Waals surface area contributed by atoms with Crippen molar-refractivity contribution < 1.29 is 17.6 Å². The Morgan fingerprint density at radius 2 is 1.77 bits per heavy atom. The van der Waals surface area contributed by atoms with Crippen molar-refractivity contribution in [3.63, 3.8) is 0 Å². The van der Waals surface area contributed by atoms with Crippen LogP contribution >= 0.6 is 0 Å². The van der Waals surface area contributed by atoms with Crippen LogP contribution in [0.25, 0.3) is 11.3 Å². The number of carbonyl (C=O) groups is 1. The minimum Gasteiger partial charge on any atom is -0.348 e. The molecule has 0 radical (unpaired) electrons. The van der Waals surface area contributed by atoms with E-state index in [1.54, 1.807) is 25.2 Å². The maximum Gasteiger partial charge on any atom is 0.271 e. The first kappa shape index (κ1) is 21.5. The third-order valence-electron chi connectivity index (χ3n) is 4.66. The number of nitrogens with one attached hydrogen (secondary N) is 2. The van der Waals surface area contributed by atoms with Crippen molar-refractivity contribution >= 4 is 21.6 Å². The minimum atomic E-state index is -3.99. The average molecular weight is 431 g/mol. The number of hydrogen-bond donors (Lipinski definition) is 2. The van der Waals surface area contributed by atoms with Gasteiger partial charge in [0.25, 0.3) is 15.9 Å². The van der Waals surface area contributed by atoms with E-state index in [4.69, 9.17) is 0 Å². The summed E-state index contributed by atoms with van der Waals surface area (Å²) in [5.74, 6) is -0.894. The second-order valence-corrected chi connectivity index (χ2v) is 8.59. The molecular weight excluding hydrogens is 407 g/mol. The summed E-state index contributed by atoms with van der Waals surface area (Å²) in [5.41, 5.74) is 0.801. The Bertz CT molecular complexity index is 1140. The highest BCUT2D eigenvalue weighted by atomic mass is 32.2. The zero-order valence-corrected chi connectivity index (χ0v) is 17.7. The fourth-order valence-electron chi connectivity index (χ4n) is 2.88. The van der Waals surface area contributed by atoms with Gasteiger partial charge in [-0.3, -0.25) is 14.2 Å². The van der Waals surface area contributed by atoms with E-state index in [1.807, 2.05) is 13.8 Å². The molecule has 1 amide bonds. The van der Waals surface area contributed by atoms with Crippen molar-refractivity contribution in [2.75, 3.05) is 4.72 Å². The highest BCUT2D eigenvalue weighted by Crippen LogP contribution is 2.32. The SMILES string of the molecule is CCC(C)NC(=O)c1c(NS(=O)(=O)c2ccccc2)c(-c2ccc(F)cc2)nn1C. The summed E-state index contributed by atoms with van der Waals surface area (Å²) in [6.07, 6.45) is 0.708. The molecule has 2 aromatic carbocycles. The lowest BCUT2D eigenvalue weighted by Crippen LogP contribution is -2.34. The van der Waals surface area contributed by atoms with Crippen molar-refractivity contribution in [1.82, 2.24) is 15.1 Å². The Labute approximate surface area is 175 Å². The molecule has 0 saturated heterocycles. The molecule has 0 aliphatic rings. The van der Waals surface area contributed by atoms with Crippen LogP contribution in [0.3, 0.4) is 0 Å². The fourth-order valence-corrected chi connectivity index (χ4v) is 3.97. The van der Waals surface area contributed by atoms with Gasteiger partial charge in [0.1, 0.15) is 17.2 Å². The molecule has 0 spiro atoms. The number of sulfonamides is 1. The first-order chi connectivity index (χ1) is 14.2. The van der Waals surface area contributed by atoms with Gasteiger partial charge in [-0.05, 0) is 49.7 Å². The Hall–Kier alpha value is -3.20. The lowest BCUT2D eigenvalue weighted by molar-refractivity contribution is 0.0930. The van der Waals surface area contributed by atoms with E-state index >= 15 is 0 Å². The van der Waals surface area contributed by atoms with E-state index in [2.05, 4.69) is 15.1 Å². The van der Waals surface area contributed by atoms with Gasteiger partial charge in [-0.25, -0.2) is 12.8 Å². The Kier molecular flexibility index (Phi) is 6.21. The van der Waals surface area contributed by atoms with E-state index in [0.29, 0.717) is 12.0 Å². The second-order valence-electron chi connectivity index (χ2n) is 6.90. The largest absolute Gasteiger partial charge is 0.348 e. The minimum absolute atomic E-state index is 0.0359. The number of rotatable bonds is 7. The summed E-state index contributed by atoms with van der Waals surface area (Å²) in [6.45, 7) is 3.78. The number of nitrogens with zero attached hydrogens (tertiary/aromatic N) is 2. The number of hydrogen-bond acceptors (Lipinski definition) is 4. The first-order valence-electron chi connectivity index (χ1n) is 9.44. The van der Waals surface area contributed by atoms with Crippen molar-refractivity contribution in [1.29, 1.82) is 0 Å². The zero-order valence-electron chi connectivity index (χ0n) is 16.9. The van der Waals surface area contributed by atoms with Crippen LogP contribution < -0.4 is 10.0 Å². The Balaban J connectivity index is 2.14. The van der Waals surface area contributed by atoms with E-state index in [9.17, 15) is 17.6 Å². The third-order valence-corrected chi connectivity index (χ3v) is 6.03. The summed E-state index contributed by atoms with van der Waals surface area (Å²) < 4.78 is 43.1. The van der Waals surface area contributed by atoms with Gasteiger partial charge < -0.3 is 5.32 Å². The lowest BCUT2D eigenvalue weighted by Gasteiger charge is -2.14. The Morgan fingerprint density at radius 3 is 2.37 bits per heavy atom. The molecule has 7 nitrogen and oxygen atoms in total.